The monoisotopic (exact) mass is 758 g/mol. The first-order valence-electron chi connectivity index (χ1n) is 17.0. The van der Waals surface area contributed by atoms with Crippen molar-refractivity contribution in [2.24, 2.45) is 23.3 Å². The van der Waals surface area contributed by atoms with E-state index in [4.69, 9.17) is 11.5 Å². The van der Waals surface area contributed by atoms with Crippen molar-refractivity contribution in [1.82, 2.24) is 20.4 Å². The molecule has 0 radical (unpaired) electrons. The minimum absolute atomic E-state index is 0.106. The number of urea groups is 1. The van der Waals surface area contributed by atoms with Gasteiger partial charge in [-0.3, -0.25) is 9.59 Å². The van der Waals surface area contributed by atoms with Gasteiger partial charge in [0.15, 0.2) is 0 Å². The fourth-order valence-electron chi connectivity index (χ4n) is 5.46. The SMILES string of the molecule is CC[C@@H]1C[C@@H](C)CN1C(=O)CCCSSCCN.CC[C@@H]1C[C@@H](C)CN1C(=O)CCCSSCCNC(=O)NCCSSCCN. The number of carbonyl (C=O) groups excluding carboxylic acids is 3. The molecular weight excluding hydrogens is 697 g/mol. The number of nitrogens with zero attached hydrogens (tertiary/aromatic N) is 2. The molecule has 15 heteroatoms. The zero-order valence-electron chi connectivity index (χ0n) is 28.7. The molecule has 270 valence electrons. The van der Waals surface area contributed by atoms with Crippen molar-refractivity contribution < 1.29 is 14.4 Å². The van der Waals surface area contributed by atoms with Crippen molar-refractivity contribution in [3.05, 3.63) is 0 Å². The first kappa shape index (κ1) is 44.3. The largest absolute Gasteiger partial charge is 0.339 e. The van der Waals surface area contributed by atoms with E-state index >= 15 is 0 Å². The second kappa shape index (κ2) is 29.0. The lowest BCUT2D eigenvalue weighted by atomic mass is 10.1. The average Bonchev–Trinajstić information content (AvgIpc) is 3.63. The van der Waals surface area contributed by atoms with Gasteiger partial charge >= 0.3 is 6.03 Å². The minimum Gasteiger partial charge on any atom is -0.339 e. The van der Waals surface area contributed by atoms with Crippen LogP contribution in [-0.2, 0) is 9.59 Å². The topological polar surface area (TPSA) is 134 Å². The Morgan fingerprint density at radius 2 is 1.00 bits per heavy atom. The van der Waals surface area contributed by atoms with E-state index in [2.05, 4.69) is 48.1 Å². The summed E-state index contributed by atoms with van der Waals surface area (Å²) in [5.74, 6) is 7.71. The molecule has 6 N–H and O–H groups in total. The van der Waals surface area contributed by atoms with E-state index < -0.39 is 0 Å². The van der Waals surface area contributed by atoms with Crippen molar-refractivity contribution in [3.8, 4) is 0 Å². The molecule has 2 fully saturated rings. The van der Waals surface area contributed by atoms with E-state index in [0.717, 1.165) is 86.3 Å². The van der Waals surface area contributed by atoms with Crippen molar-refractivity contribution in [2.75, 3.05) is 73.8 Å². The number of nitrogens with two attached hydrogens (primary N) is 2. The molecule has 0 saturated carbocycles. The second-order valence-corrected chi connectivity index (χ2v) is 19.9. The van der Waals surface area contributed by atoms with Gasteiger partial charge in [-0.15, -0.1) is 0 Å². The van der Waals surface area contributed by atoms with Crippen LogP contribution in [-0.4, -0.2) is 114 Å². The summed E-state index contributed by atoms with van der Waals surface area (Å²) in [7, 11) is 10.6. The van der Waals surface area contributed by atoms with Gasteiger partial charge in [-0.25, -0.2) is 4.79 Å². The van der Waals surface area contributed by atoms with Crippen LogP contribution >= 0.6 is 64.8 Å². The summed E-state index contributed by atoms with van der Waals surface area (Å²) in [5, 5.41) is 5.71. The van der Waals surface area contributed by atoms with Gasteiger partial charge in [-0.2, -0.15) is 0 Å². The number of hydrogen-bond acceptors (Lipinski definition) is 11. The standard InChI is InChI=1S/C18H36N4O2S4.C13H26N2OS2/c1-3-16-13-15(2)14-22(16)17(23)5-4-9-25-27-11-7-20-18(24)21-8-12-28-26-10-6-19;1-3-12-9-11(2)10-15(12)13(16)5-4-7-17-18-8-6-14/h15-16H,3-14,19H2,1-2H3,(H2,20,21,24);11-12H,3-10,14H2,1-2H3/t15-,16-;11-,12-/m11/s1. The molecule has 2 heterocycles. The van der Waals surface area contributed by atoms with Crippen molar-refractivity contribution >= 4 is 82.6 Å². The average molecular weight is 759 g/mol. The van der Waals surface area contributed by atoms with Crippen LogP contribution in [0.15, 0.2) is 0 Å². The number of hydrogen-bond donors (Lipinski definition) is 4. The lowest BCUT2D eigenvalue weighted by Gasteiger charge is -2.23. The van der Waals surface area contributed by atoms with Gasteiger partial charge in [-0.05, 0) is 50.4 Å². The maximum Gasteiger partial charge on any atom is 0.314 e. The van der Waals surface area contributed by atoms with E-state index in [0.29, 0.717) is 68.2 Å². The Kier molecular flexibility index (Phi) is 27.9. The van der Waals surface area contributed by atoms with E-state index in [9.17, 15) is 14.4 Å². The molecule has 0 aliphatic carbocycles. The highest BCUT2D eigenvalue weighted by Gasteiger charge is 2.32. The van der Waals surface area contributed by atoms with Gasteiger partial charge in [0.1, 0.15) is 0 Å². The van der Waals surface area contributed by atoms with Crippen LogP contribution in [0.4, 0.5) is 4.79 Å². The highest BCUT2D eigenvalue weighted by Crippen LogP contribution is 2.28. The molecule has 9 nitrogen and oxygen atoms in total. The number of likely N-dealkylation sites (tertiary alicyclic amines) is 2. The Morgan fingerprint density at radius 3 is 1.37 bits per heavy atom. The van der Waals surface area contributed by atoms with Gasteiger partial charge in [-0.1, -0.05) is 92.5 Å². The molecule has 0 aromatic rings. The predicted octanol–water partition coefficient (Wildman–Crippen LogP) is 6.19. The lowest BCUT2D eigenvalue weighted by molar-refractivity contribution is -0.133. The zero-order valence-corrected chi connectivity index (χ0v) is 33.6. The van der Waals surface area contributed by atoms with Gasteiger partial charge in [0, 0.05) is 98.7 Å². The quantitative estimate of drug-likeness (QED) is 0.0703. The van der Waals surface area contributed by atoms with Crippen LogP contribution in [0, 0.1) is 11.8 Å². The molecule has 2 saturated heterocycles. The third-order valence-corrected chi connectivity index (χ3v) is 15.1. The number of amides is 4. The summed E-state index contributed by atoms with van der Waals surface area (Å²) >= 11 is 0. The summed E-state index contributed by atoms with van der Waals surface area (Å²) in [5.41, 5.74) is 10.8. The van der Waals surface area contributed by atoms with Gasteiger partial charge in [0.25, 0.3) is 0 Å². The third-order valence-electron chi connectivity index (χ3n) is 7.66. The van der Waals surface area contributed by atoms with Crippen molar-refractivity contribution in [2.45, 2.75) is 91.1 Å². The Morgan fingerprint density at radius 1 is 0.630 bits per heavy atom. The maximum atomic E-state index is 12.4. The van der Waals surface area contributed by atoms with Gasteiger partial charge in [0.05, 0.1) is 0 Å². The predicted molar refractivity (Wildman–Crippen MR) is 212 cm³/mol. The summed E-state index contributed by atoms with van der Waals surface area (Å²) in [6.07, 6.45) is 7.76. The third kappa shape index (κ3) is 20.7. The molecule has 46 heavy (non-hydrogen) atoms. The fourth-order valence-corrected chi connectivity index (χ4v) is 11.2. The Labute approximate surface area is 303 Å². The van der Waals surface area contributed by atoms with E-state index in [1.54, 1.807) is 43.2 Å². The molecule has 2 rings (SSSR count). The van der Waals surface area contributed by atoms with Gasteiger partial charge in [0.2, 0.25) is 11.8 Å². The summed E-state index contributed by atoms with van der Waals surface area (Å²) < 4.78 is 0. The van der Waals surface area contributed by atoms with Crippen LogP contribution in [0.1, 0.15) is 79.1 Å². The molecule has 2 aliphatic heterocycles. The van der Waals surface area contributed by atoms with Crippen molar-refractivity contribution in [1.29, 1.82) is 0 Å². The van der Waals surface area contributed by atoms with E-state index in [1.165, 1.54) is 6.42 Å². The molecule has 0 spiro atoms. The molecule has 2 aliphatic rings. The maximum absolute atomic E-state index is 12.4. The molecule has 0 bridgehead atoms. The summed E-state index contributed by atoms with van der Waals surface area (Å²) in [4.78, 5) is 40.4. The second-order valence-electron chi connectivity index (χ2n) is 11.8. The number of rotatable bonds is 23. The Hall–Kier alpha value is 0.230. The summed E-state index contributed by atoms with van der Waals surface area (Å²) in [6.45, 7) is 13.5. The molecule has 0 unspecified atom stereocenters. The zero-order chi connectivity index (χ0) is 34.0. The van der Waals surface area contributed by atoms with Crippen LogP contribution in [0.25, 0.3) is 0 Å². The molecular formula is C31H62N6O3S6. The van der Waals surface area contributed by atoms with Crippen molar-refractivity contribution in [3.63, 3.8) is 0 Å². The smallest absolute Gasteiger partial charge is 0.314 e. The summed E-state index contributed by atoms with van der Waals surface area (Å²) in [6, 6.07) is 0.836. The number of carbonyl (C=O) groups is 3. The molecule has 4 amide bonds. The van der Waals surface area contributed by atoms with Gasteiger partial charge < -0.3 is 31.9 Å². The van der Waals surface area contributed by atoms with Crippen LogP contribution in [0.3, 0.4) is 0 Å². The highest BCUT2D eigenvalue weighted by atomic mass is 33.1. The van der Waals surface area contributed by atoms with E-state index in [-0.39, 0.29) is 6.03 Å². The number of nitrogens with one attached hydrogen (secondary N) is 2. The van der Waals surface area contributed by atoms with E-state index in [1.807, 2.05) is 21.6 Å². The molecule has 0 aromatic carbocycles. The molecule has 0 aromatic heterocycles. The first-order valence-corrected chi connectivity index (χ1v) is 24.5. The Balaban J connectivity index is 0.000000506. The lowest BCUT2D eigenvalue weighted by Crippen LogP contribution is -2.37. The Bertz CT molecular complexity index is 821. The van der Waals surface area contributed by atoms with Crippen LogP contribution in [0.5, 0.6) is 0 Å². The van der Waals surface area contributed by atoms with Crippen LogP contribution in [0.2, 0.25) is 0 Å². The fraction of sp³-hybridized carbons (Fsp3) is 0.903. The van der Waals surface area contributed by atoms with Crippen LogP contribution < -0.4 is 22.1 Å². The minimum atomic E-state index is -0.106. The first-order chi connectivity index (χ1) is 22.3. The normalized spacial score (nSPS) is 20.8. The highest BCUT2D eigenvalue weighted by molar-refractivity contribution is 8.77. The molecule has 4 atom stereocenters.